The number of anilines is 1. The van der Waals surface area contributed by atoms with Crippen LogP contribution in [-0.2, 0) is 0 Å². The van der Waals surface area contributed by atoms with Crippen LogP contribution in [-0.4, -0.2) is 22.5 Å². The summed E-state index contributed by atoms with van der Waals surface area (Å²) in [6.45, 7) is -0.186. The van der Waals surface area contributed by atoms with E-state index < -0.39 is 0 Å². The largest absolute Gasteiger partial charge is 0.504 e. The first kappa shape index (κ1) is 9.34. The Morgan fingerprint density at radius 1 is 1.31 bits per heavy atom. The summed E-state index contributed by atoms with van der Waals surface area (Å²) in [5, 5.41) is 18.1. The molecule has 0 aliphatic heterocycles. The monoisotopic (exact) mass is 182 g/mol. The lowest BCUT2D eigenvalue weighted by Crippen LogP contribution is -2.15. The first-order valence-corrected chi connectivity index (χ1v) is 3.61. The maximum absolute atomic E-state index is 11.1. The van der Waals surface area contributed by atoms with Crippen LogP contribution in [0.3, 0.4) is 0 Å². The standard InChI is InChI=1S/C8H10N2O3/c9-3-8(13)4-1-6(11)7(12)2-5(4)10/h1-2,11-12H,3,9-10H2. The van der Waals surface area contributed by atoms with Gasteiger partial charge in [-0.2, -0.15) is 0 Å². The van der Waals surface area contributed by atoms with Crippen molar-refractivity contribution in [3.63, 3.8) is 0 Å². The van der Waals surface area contributed by atoms with Crippen LogP contribution in [0.4, 0.5) is 5.69 Å². The molecule has 0 unspecified atom stereocenters. The number of phenolic OH excluding ortho intramolecular Hbond substituents is 2. The van der Waals surface area contributed by atoms with Gasteiger partial charge in [0.05, 0.1) is 6.54 Å². The molecule has 13 heavy (non-hydrogen) atoms. The van der Waals surface area contributed by atoms with Gasteiger partial charge in [0.1, 0.15) is 0 Å². The van der Waals surface area contributed by atoms with Crippen LogP contribution in [0.25, 0.3) is 0 Å². The molecule has 0 bridgehead atoms. The Morgan fingerprint density at radius 2 is 1.85 bits per heavy atom. The van der Waals surface area contributed by atoms with Crippen molar-refractivity contribution in [2.24, 2.45) is 5.73 Å². The normalized spacial score (nSPS) is 9.92. The molecule has 0 aliphatic rings. The highest BCUT2D eigenvalue weighted by molar-refractivity contribution is 6.02. The van der Waals surface area contributed by atoms with Gasteiger partial charge < -0.3 is 21.7 Å². The predicted molar refractivity (Wildman–Crippen MR) is 47.6 cm³/mol. The summed E-state index contributed by atoms with van der Waals surface area (Å²) in [4.78, 5) is 11.1. The number of aromatic hydroxyl groups is 2. The van der Waals surface area contributed by atoms with Crippen LogP contribution in [0.15, 0.2) is 12.1 Å². The molecule has 0 aromatic heterocycles. The highest BCUT2D eigenvalue weighted by Gasteiger charge is 2.11. The van der Waals surface area contributed by atoms with Gasteiger partial charge in [0, 0.05) is 17.3 Å². The fourth-order valence-corrected chi connectivity index (χ4v) is 0.944. The zero-order valence-corrected chi connectivity index (χ0v) is 6.82. The van der Waals surface area contributed by atoms with Crippen LogP contribution < -0.4 is 11.5 Å². The van der Waals surface area contributed by atoms with E-state index >= 15 is 0 Å². The van der Waals surface area contributed by atoms with Gasteiger partial charge in [-0.1, -0.05) is 0 Å². The third kappa shape index (κ3) is 1.70. The Balaban J connectivity index is 3.23. The van der Waals surface area contributed by atoms with E-state index in [9.17, 15) is 4.79 Å². The number of Topliss-reactive ketones (excluding diaryl/α,β-unsaturated/α-hetero) is 1. The second-order valence-electron chi connectivity index (χ2n) is 2.56. The molecule has 70 valence electrons. The lowest BCUT2D eigenvalue weighted by atomic mass is 10.1. The second kappa shape index (κ2) is 3.32. The Bertz CT molecular complexity index is 349. The van der Waals surface area contributed by atoms with Crippen LogP contribution in [0, 0.1) is 0 Å². The third-order valence-corrected chi connectivity index (χ3v) is 1.63. The van der Waals surface area contributed by atoms with Gasteiger partial charge in [-0.15, -0.1) is 0 Å². The molecule has 0 amide bonds. The van der Waals surface area contributed by atoms with Crippen LogP contribution in [0.2, 0.25) is 0 Å². The van der Waals surface area contributed by atoms with E-state index in [1.165, 1.54) is 0 Å². The molecular weight excluding hydrogens is 172 g/mol. The number of rotatable bonds is 2. The molecule has 6 N–H and O–H groups in total. The van der Waals surface area contributed by atoms with Gasteiger partial charge in [0.15, 0.2) is 17.3 Å². The number of nitrogen functional groups attached to an aromatic ring is 1. The fourth-order valence-electron chi connectivity index (χ4n) is 0.944. The lowest BCUT2D eigenvalue weighted by Gasteiger charge is -2.05. The second-order valence-corrected chi connectivity index (χ2v) is 2.56. The zero-order valence-electron chi connectivity index (χ0n) is 6.82. The van der Waals surface area contributed by atoms with E-state index in [0.29, 0.717) is 0 Å². The number of hydrogen-bond acceptors (Lipinski definition) is 5. The highest BCUT2D eigenvalue weighted by atomic mass is 16.3. The zero-order chi connectivity index (χ0) is 10.0. The van der Waals surface area contributed by atoms with Gasteiger partial charge in [0.25, 0.3) is 0 Å². The molecular formula is C8H10N2O3. The summed E-state index contributed by atoms with van der Waals surface area (Å²) in [5.74, 6) is -1.12. The van der Waals surface area contributed by atoms with Crippen LogP contribution in [0.1, 0.15) is 10.4 Å². The Kier molecular flexibility index (Phi) is 2.39. The molecule has 0 fully saturated rings. The van der Waals surface area contributed by atoms with Gasteiger partial charge in [-0.05, 0) is 6.07 Å². The van der Waals surface area contributed by atoms with Crippen molar-refractivity contribution in [1.29, 1.82) is 0 Å². The van der Waals surface area contributed by atoms with E-state index in [2.05, 4.69) is 0 Å². The first-order valence-electron chi connectivity index (χ1n) is 3.61. The molecule has 0 saturated heterocycles. The Morgan fingerprint density at radius 3 is 2.38 bits per heavy atom. The molecule has 0 aliphatic carbocycles. The molecule has 0 spiro atoms. The summed E-state index contributed by atoms with van der Waals surface area (Å²) in [7, 11) is 0. The number of benzene rings is 1. The number of nitrogens with two attached hydrogens (primary N) is 2. The highest BCUT2D eigenvalue weighted by Crippen LogP contribution is 2.29. The quantitative estimate of drug-likeness (QED) is 0.219. The molecule has 5 heteroatoms. The summed E-state index contributed by atoms with van der Waals surface area (Å²) in [6, 6.07) is 2.21. The van der Waals surface area contributed by atoms with Crippen molar-refractivity contribution < 1.29 is 15.0 Å². The third-order valence-electron chi connectivity index (χ3n) is 1.63. The summed E-state index contributed by atoms with van der Waals surface area (Å²) in [6.07, 6.45) is 0. The Labute approximate surface area is 74.6 Å². The van der Waals surface area contributed by atoms with E-state index in [1.807, 2.05) is 0 Å². The molecule has 0 radical (unpaired) electrons. The van der Waals surface area contributed by atoms with E-state index in [0.717, 1.165) is 12.1 Å². The van der Waals surface area contributed by atoms with E-state index in [-0.39, 0.29) is 35.1 Å². The first-order chi connectivity index (χ1) is 6.06. The van der Waals surface area contributed by atoms with Crippen molar-refractivity contribution in [3.8, 4) is 11.5 Å². The van der Waals surface area contributed by atoms with Crippen molar-refractivity contribution in [1.82, 2.24) is 0 Å². The van der Waals surface area contributed by atoms with Crippen molar-refractivity contribution in [2.45, 2.75) is 0 Å². The molecule has 1 rings (SSSR count). The minimum atomic E-state index is -0.383. The van der Waals surface area contributed by atoms with Gasteiger partial charge in [-0.25, -0.2) is 0 Å². The topological polar surface area (TPSA) is 110 Å². The molecule has 1 aromatic carbocycles. The average Bonchev–Trinajstić information content (AvgIpc) is 2.10. The lowest BCUT2D eigenvalue weighted by molar-refractivity contribution is 0.100. The number of phenols is 2. The number of hydrogen-bond donors (Lipinski definition) is 4. The molecule has 1 aromatic rings. The predicted octanol–water partition coefficient (Wildman–Crippen LogP) is -0.179. The van der Waals surface area contributed by atoms with E-state index in [4.69, 9.17) is 21.7 Å². The summed E-state index contributed by atoms with van der Waals surface area (Å²) < 4.78 is 0. The maximum Gasteiger partial charge on any atom is 0.178 e. The van der Waals surface area contributed by atoms with Crippen molar-refractivity contribution in [2.75, 3.05) is 12.3 Å². The van der Waals surface area contributed by atoms with Gasteiger partial charge >= 0.3 is 0 Å². The fraction of sp³-hybridized carbons (Fsp3) is 0.125. The average molecular weight is 182 g/mol. The SMILES string of the molecule is NCC(=O)c1cc(O)c(O)cc1N. The van der Waals surface area contributed by atoms with Crippen LogP contribution >= 0.6 is 0 Å². The summed E-state index contributed by atoms with van der Waals surface area (Å²) >= 11 is 0. The number of carbonyl (C=O) groups is 1. The van der Waals surface area contributed by atoms with Gasteiger partial charge in [0.2, 0.25) is 0 Å². The minimum Gasteiger partial charge on any atom is -0.504 e. The van der Waals surface area contributed by atoms with Crippen molar-refractivity contribution >= 4 is 11.5 Å². The van der Waals surface area contributed by atoms with Crippen LogP contribution in [0.5, 0.6) is 11.5 Å². The smallest absolute Gasteiger partial charge is 0.178 e. The molecule has 0 heterocycles. The van der Waals surface area contributed by atoms with Crippen molar-refractivity contribution in [3.05, 3.63) is 17.7 Å². The number of carbonyl (C=O) groups excluding carboxylic acids is 1. The molecule has 0 saturated carbocycles. The summed E-state index contributed by atoms with van der Waals surface area (Å²) in [5.41, 5.74) is 10.8. The molecule has 5 nitrogen and oxygen atoms in total. The maximum atomic E-state index is 11.1. The van der Waals surface area contributed by atoms with E-state index in [1.54, 1.807) is 0 Å². The molecule has 0 atom stereocenters. The Hall–Kier alpha value is -1.75. The van der Waals surface area contributed by atoms with Gasteiger partial charge in [-0.3, -0.25) is 4.79 Å². The number of ketones is 1. The minimum absolute atomic E-state index is 0.103.